The van der Waals surface area contributed by atoms with E-state index in [1.807, 2.05) is 4.90 Å². The minimum absolute atomic E-state index is 0.110. The summed E-state index contributed by atoms with van der Waals surface area (Å²) < 4.78 is 0. The Balaban J connectivity index is 1.83. The number of aliphatic hydroxyl groups excluding tert-OH is 1. The molecule has 0 spiro atoms. The molecule has 2 fully saturated rings. The van der Waals surface area contributed by atoms with Gasteiger partial charge in [-0.3, -0.25) is 4.79 Å². The Labute approximate surface area is 91.5 Å². The highest BCUT2D eigenvalue weighted by atomic mass is 16.3. The SMILES string of the molecule is O=C(CC1CCCC1)N1CCC[C@H]1CO. The van der Waals surface area contributed by atoms with E-state index in [1.54, 1.807) is 0 Å². The molecular weight excluding hydrogens is 190 g/mol. The Hall–Kier alpha value is -0.570. The molecule has 1 amide bonds. The van der Waals surface area contributed by atoms with Gasteiger partial charge in [-0.1, -0.05) is 12.8 Å². The Morgan fingerprint density at radius 1 is 1.20 bits per heavy atom. The van der Waals surface area contributed by atoms with Crippen molar-refractivity contribution in [3.05, 3.63) is 0 Å². The van der Waals surface area contributed by atoms with E-state index in [4.69, 9.17) is 5.11 Å². The third kappa shape index (κ3) is 2.51. The average molecular weight is 211 g/mol. The molecule has 1 saturated heterocycles. The Morgan fingerprint density at radius 3 is 2.60 bits per heavy atom. The summed E-state index contributed by atoms with van der Waals surface area (Å²) in [5, 5.41) is 9.15. The Morgan fingerprint density at radius 2 is 1.93 bits per heavy atom. The number of carbonyl (C=O) groups is 1. The molecule has 1 heterocycles. The number of aliphatic hydroxyl groups is 1. The van der Waals surface area contributed by atoms with Gasteiger partial charge in [-0.05, 0) is 31.6 Å². The zero-order valence-electron chi connectivity index (χ0n) is 9.32. The Bertz CT molecular complexity index is 224. The van der Waals surface area contributed by atoms with Gasteiger partial charge in [0.1, 0.15) is 0 Å². The van der Waals surface area contributed by atoms with Gasteiger partial charge in [-0.25, -0.2) is 0 Å². The molecule has 0 radical (unpaired) electrons. The van der Waals surface area contributed by atoms with Crippen molar-refractivity contribution in [1.29, 1.82) is 0 Å². The third-order valence-electron chi connectivity index (χ3n) is 3.85. The second-order valence-electron chi connectivity index (χ2n) is 4.92. The van der Waals surface area contributed by atoms with Crippen LogP contribution < -0.4 is 0 Å². The van der Waals surface area contributed by atoms with Crippen LogP contribution in [-0.4, -0.2) is 35.1 Å². The molecule has 86 valence electrons. The molecule has 1 N–H and O–H groups in total. The summed E-state index contributed by atoms with van der Waals surface area (Å²) >= 11 is 0. The fourth-order valence-electron chi connectivity index (χ4n) is 2.93. The summed E-state index contributed by atoms with van der Waals surface area (Å²) in [6, 6.07) is 0.110. The quantitative estimate of drug-likeness (QED) is 0.769. The summed E-state index contributed by atoms with van der Waals surface area (Å²) in [4.78, 5) is 13.9. The Kier molecular flexibility index (Phi) is 3.62. The molecule has 3 nitrogen and oxygen atoms in total. The summed E-state index contributed by atoms with van der Waals surface area (Å²) in [5.41, 5.74) is 0. The lowest BCUT2D eigenvalue weighted by molar-refractivity contribution is -0.133. The van der Waals surface area contributed by atoms with Crippen LogP contribution in [-0.2, 0) is 4.79 Å². The van der Waals surface area contributed by atoms with Crippen molar-refractivity contribution in [3.63, 3.8) is 0 Å². The van der Waals surface area contributed by atoms with E-state index in [9.17, 15) is 4.79 Å². The standard InChI is InChI=1S/C12H21NO2/c14-9-11-6-3-7-13(11)12(15)8-10-4-1-2-5-10/h10-11,14H,1-9H2/t11-/m0/s1. The van der Waals surface area contributed by atoms with Gasteiger partial charge >= 0.3 is 0 Å². The van der Waals surface area contributed by atoms with E-state index >= 15 is 0 Å². The molecule has 2 rings (SSSR count). The van der Waals surface area contributed by atoms with E-state index in [0.29, 0.717) is 5.92 Å². The van der Waals surface area contributed by atoms with Crippen molar-refractivity contribution in [2.45, 2.75) is 51.0 Å². The first-order chi connectivity index (χ1) is 7.31. The number of likely N-dealkylation sites (tertiary alicyclic amines) is 1. The lowest BCUT2D eigenvalue weighted by Gasteiger charge is -2.24. The van der Waals surface area contributed by atoms with Gasteiger partial charge in [0, 0.05) is 13.0 Å². The molecule has 3 heteroatoms. The molecule has 0 bridgehead atoms. The first kappa shape index (κ1) is 10.9. The van der Waals surface area contributed by atoms with Gasteiger partial charge < -0.3 is 10.0 Å². The van der Waals surface area contributed by atoms with Crippen LogP contribution in [0.4, 0.5) is 0 Å². The largest absolute Gasteiger partial charge is 0.394 e. The normalized spacial score (nSPS) is 27.5. The highest BCUT2D eigenvalue weighted by Gasteiger charge is 2.29. The summed E-state index contributed by atoms with van der Waals surface area (Å²) in [5.74, 6) is 0.899. The highest BCUT2D eigenvalue weighted by molar-refractivity contribution is 5.77. The van der Waals surface area contributed by atoms with Crippen LogP contribution in [0, 0.1) is 5.92 Å². The van der Waals surface area contributed by atoms with Gasteiger partial charge in [0.2, 0.25) is 5.91 Å². The van der Waals surface area contributed by atoms with Gasteiger partial charge in [-0.15, -0.1) is 0 Å². The predicted octanol–water partition coefficient (Wildman–Crippen LogP) is 1.55. The maximum absolute atomic E-state index is 12.0. The predicted molar refractivity (Wildman–Crippen MR) is 58.4 cm³/mol. The maximum atomic E-state index is 12.0. The number of amides is 1. The van der Waals surface area contributed by atoms with Crippen LogP contribution in [0.2, 0.25) is 0 Å². The molecule has 0 unspecified atom stereocenters. The molecule has 1 aliphatic carbocycles. The fourth-order valence-corrected chi connectivity index (χ4v) is 2.93. The van der Waals surface area contributed by atoms with Crippen LogP contribution in [0.15, 0.2) is 0 Å². The van der Waals surface area contributed by atoms with Gasteiger partial charge in [0.15, 0.2) is 0 Å². The van der Waals surface area contributed by atoms with E-state index in [1.165, 1.54) is 25.7 Å². The van der Waals surface area contributed by atoms with Gasteiger partial charge in [0.25, 0.3) is 0 Å². The molecule has 0 aromatic carbocycles. The van der Waals surface area contributed by atoms with Crippen LogP contribution in [0.1, 0.15) is 44.9 Å². The van der Waals surface area contributed by atoms with Crippen LogP contribution >= 0.6 is 0 Å². The number of rotatable bonds is 3. The maximum Gasteiger partial charge on any atom is 0.223 e. The summed E-state index contributed by atoms with van der Waals surface area (Å²) in [6.07, 6.45) is 7.79. The number of hydrogen-bond donors (Lipinski definition) is 1. The molecule has 2 aliphatic rings. The highest BCUT2D eigenvalue weighted by Crippen LogP contribution is 2.29. The van der Waals surface area contributed by atoms with Crippen molar-refractivity contribution in [2.24, 2.45) is 5.92 Å². The molecule has 1 atom stereocenters. The molecule has 0 aromatic rings. The zero-order valence-corrected chi connectivity index (χ0v) is 9.32. The van der Waals surface area contributed by atoms with Crippen molar-refractivity contribution >= 4 is 5.91 Å². The smallest absolute Gasteiger partial charge is 0.223 e. The van der Waals surface area contributed by atoms with E-state index in [-0.39, 0.29) is 18.6 Å². The lowest BCUT2D eigenvalue weighted by Crippen LogP contribution is -2.38. The van der Waals surface area contributed by atoms with Crippen molar-refractivity contribution in [2.75, 3.05) is 13.2 Å². The van der Waals surface area contributed by atoms with Crippen molar-refractivity contribution in [3.8, 4) is 0 Å². The van der Waals surface area contributed by atoms with Crippen molar-refractivity contribution < 1.29 is 9.90 Å². The summed E-state index contributed by atoms with van der Waals surface area (Å²) in [6.45, 7) is 0.993. The first-order valence-electron chi connectivity index (χ1n) is 6.21. The van der Waals surface area contributed by atoms with Crippen molar-refractivity contribution in [1.82, 2.24) is 4.90 Å². The number of carbonyl (C=O) groups excluding carboxylic acids is 1. The second-order valence-corrected chi connectivity index (χ2v) is 4.92. The fraction of sp³-hybridized carbons (Fsp3) is 0.917. The number of hydrogen-bond acceptors (Lipinski definition) is 2. The molecular formula is C12H21NO2. The minimum atomic E-state index is 0.110. The average Bonchev–Trinajstić information content (AvgIpc) is 2.86. The molecule has 15 heavy (non-hydrogen) atoms. The second kappa shape index (κ2) is 4.97. The third-order valence-corrected chi connectivity index (χ3v) is 3.85. The first-order valence-corrected chi connectivity index (χ1v) is 6.21. The molecule has 0 aromatic heterocycles. The van der Waals surface area contributed by atoms with Gasteiger partial charge in [0.05, 0.1) is 12.6 Å². The lowest BCUT2D eigenvalue weighted by atomic mass is 10.0. The van der Waals surface area contributed by atoms with Gasteiger partial charge in [-0.2, -0.15) is 0 Å². The molecule has 1 saturated carbocycles. The number of nitrogens with zero attached hydrogens (tertiary/aromatic N) is 1. The van der Waals surface area contributed by atoms with Crippen LogP contribution in [0.5, 0.6) is 0 Å². The monoisotopic (exact) mass is 211 g/mol. The van der Waals surface area contributed by atoms with E-state index in [0.717, 1.165) is 25.8 Å². The topological polar surface area (TPSA) is 40.5 Å². The summed E-state index contributed by atoms with van der Waals surface area (Å²) in [7, 11) is 0. The van der Waals surface area contributed by atoms with Crippen LogP contribution in [0.3, 0.4) is 0 Å². The zero-order chi connectivity index (χ0) is 10.7. The van der Waals surface area contributed by atoms with E-state index < -0.39 is 0 Å². The molecule has 1 aliphatic heterocycles. The van der Waals surface area contributed by atoms with E-state index in [2.05, 4.69) is 0 Å². The minimum Gasteiger partial charge on any atom is -0.394 e. The van der Waals surface area contributed by atoms with Crippen LogP contribution in [0.25, 0.3) is 0 Å².